The summed E-state index contributed by atoms with van der Waals surface area (Å²) in [7, 11) is 1.58. The summed E-state index contributed by atoms with van der Waals surface area (Å²) in [5.41, 5.74) is 0. The predicted octanol–water partition coefficient (Wildman–Crippen LogP) is 4.39. The lowest BCUT2D eigenvalue weighted by atomic mass is 9.79. The van der Waals surface area contributed by atoms with Crippen molar-refractivity contribution in [2.45, 2.75) is 52.4 Å². The van der Waals surface area contributed by atoms with Crippen LogP contribution in [0.2, 0.25) is 0 Å². The Morgan fingerprint density at radius 1 is 1.00 bits per heavy atom. The number of hydrogen-bond donors (Lipinski definition) is 0. The highest BCUT2D eigenvalue weighted by molar-refractivity contribution is 5.83. The smallest absolute Gasteiger partial charge is 0.315 e. The summed E-state index contributed by atoms with van der Waals surface area (Å²) in [6.07, 6.45) is 5.11. The van der Waals surface area contributed by atoms with Crippen LogP contribution in [0, 0.1) is 17.8 Å². The Labute approximate surface area is 156 Å². The molecule has 2 atom stereocenters. The maximum Gasteiger partial charge on any atom is 0.315 e. The molecule has 0 spiro atoms. The molecular weight excluding hydrogens is 332 g/mol. The molecular formula is C21H30O5. The lowest BCUT2D eigenvalue weighted by Gasteiger charge is -2.28. The van der Waals surface area contributed by atoms with Crippen LogP contribution in [-0.2, 0) is 14.3 Å². The SMILES string of the molecule is COc1ccc(OC(=O)C2CCCCC2C(=O)OCCCC(C)C)cc1. The van der Waals surface area contributed by atoms with Crippen LogP contribution in [-0.4, -0.2) is 25.7 Å². The van der Waals surface area contributed by atoms with E-state index in [0.717, 1.165) is 25.7 Å². The third-order valence-electron chi connectivity index (χ3n) is 4.82. The highest BCUT2D eigenvalue weighted by atomic mass is 16.5. The van der Waals surface area contributed by atoms with E-state index in [-0.39, 0.29) is 11.9 Å². The second-order valence-corrected chi connectivity index (χ2v) is 7.30. The highest BCUT2D eigenvalue weighted by Crippen LogP contribution is 2.32. The minimum absolute atomic E-state index is 0.259. The van der Waals surface area contributed by atoms with Gasteiger partial charge in [-0.05, 0) is 55.9 Å². The molecule has 1 aromatic carbocycles. The van der Waals surface area contributed by atoms with Gasteiger partial charge in [0, 0.05) is 0 Å². The van der Waals surface area contributed by atoms with Gasteiger partial charge in [0.2, 0.25) is 0 Å². The monoisotopic (exact) mass is 362 g/mol. The van der Waals surface area contributed by atoms with E-state index >= 15 is 0 Å². The summed E-state index contributed by atoms with van der Waals surface area (Å²) >= 11 is 0. The Balaban J connectivity index is 1.91. The van der Waals surface area contributed by atoms with E-state index in [1.165, 1.54) is 0 Å². The Morgan fingerprint density at radius 3 is 2.15 bits per heavy atom. The average molecular weight is 362 g/mol. The quantitative estimate of drug-likeness (QED) is 0.390. The molecule has 0 aromatic heterocycles. The summed E-state index contributed by atoms with van der Waals surface area (Å²) in [6, 6.07) is 6.87. The van der Waals surface area contributed by atoms with Crippen LogP contribution in [0.3, 0.4) is 0 Å². The summed E-state index contributed by atoms with van der Waals surface area (Å²) in [5.74, 6) is 0.326. The first-order chi connectivity index (χ1) is 12.5. The molecule has 0 radical (unpaired) electrons. The molecule has 0 saturated heterocycles. The Hall–Kier alpha value is -2.04. The predicted molar refractivity (Wildman–Crippen MR) is 99.1 cm³/mol. The maximum atomic E-state index is 12.6. The van der Waals surface area contributed by atoms with Gasteiger partial charge >= 0.3 is 11.9 Å². The van der Waals surface area contributed by atoms with Crippen molar-refractivity contribution in [3.05, 3.63) is 24.3 Å². The number of carbonyl (C=O) groups excluding carboxylic acids is 2. The fraction of sp³-hybridized carbons (Fsp3) is 0.619. The third-order valence-corrected chi connectivity index (χ3v) is 4.82. The minimum atomic E-state index is -0.427. The number of ether oxygens (including phenoxy) is 3. The summed E-state index contributed by atoms with van der Waals surface area (Å²) in [6.45, 7) is 4.72. The molecule has 0 aliphatic heterocycles. The summed E-state index contributed by atoms with van der Waals surface area (Å²) in [4.78, 5) is 25.0. The fourth-order valence-corrected chi connectivity index (χ4v) is 3.30. The van der Waals surface area contributed by atoms with Crippen molar-refractivity contribution in [2.24, 2.45) is 17.8 Å². The van der Waals surface area contributed by atoms with Gasteiger partial charge in [-0.2, -0.15) is 0 Å². The van der Waals surface area contributed by atoms with Gasteiger partial charge in [0.05, 0.1) is 25.6 Å². The van der Waals surface area contributed by atoms with Crippen LogP contribution in [0.25, 0.3) is 0 Å². The molecule has 26 heavy (non-hydrogen) atoms. The van der Waals surface area contributed by atoms with Gasteiger partial charge in [0.1, 0.15) is 11.5 Å². The molecule has 1 aliphatic carbocycles. The van der Waals surface area contributed by atoms with Crippen molar-refractivity contribution in [2.75, 3.05) is 13.7 Å². The molecule has 1 fully saturated rings. The first kappa shape index (κ1) is 20.3. The zero-order valence-corrected chi connectivity index (χ0v) is 16.0. The molecule has 0 heterocycles. The Morgan fingerprint density at radius 2 is 1.58 bits per heavy atom. The molecule has 1 aromatic rings. The first-order valence-electron chi connectivity index (χ1n) is 9.53. The van der Waals surface area contributed by atoms with E-state index < -0.39 is 11.8 Å². The van der Waals surface area contributed by atoms with Crippen LogP contribution < -0.4 is 9.47 Å². The second kappa shape index (κ2) is 10.2. The third kappa shape index (κ3) is 6.04. The molecule has 2 unspecified atom stereocenters. The highest BCUT2D eigenvalue weighted by Gasteiger charge is 2.38. The largest absolute Gasteiger partial charge is 0.497 e. The van der Waals surface area contributed by atoms with Gasteiger partial charge < -0.3 is 14.2 Å². The van der Waals surface area contributed by atoms with Crippen molar-refractivity contribution in [3.63, 3.8) is 0 Å². The minimum Gasteiger partial charge on any atom is -0.497 e. The zero-order chi connectivity index (χ0) is 18.9. The summed E-state index contributed by atoms with van der Waals surface area (Å²) < 4.78 is 16.0. The molecule has 1 aliphatic rings. The van der Waals surface area contributed by atoms with Gasteiger partial charge in [0.15, 0.2) is 0 Å². The van der Waals surface area contributed by atoms with E-state index in [1.807, 2.05) is 0 Å². The second-order valence-electron chi connectivity index (χ2n) is 7.30. The fourth-order valence-electron chi connectivity index (χ4n) is 3.30. The normalized spacial score (nSPS) is 19.8. The molecule has 1 saturated carbocycles. The first-order valence-corrected chi connectivity index (χ1v) is 9.53. The van der Waals surface area contributed by atoms with Crippen LogP contribution in [0.1, 0.15) is 52.4 Å². The molecule has 5 heteroatoms. The van der Waals surface area contributed by atoms with Gasteiger partial charge in [-0.1, -0.05) is 26.7 Å². The lowest BCUT2D eigenvalue weighted by molar-refractivity contribution is -0.158. The summed E-state index contributed by atoms with van der Waals surface area (Å²) in [5, 5.41) is 0. The lowest BCUT2D eigenvalue weighted by Crippen LogP contribution is -2.36. The Bertz CT molecular complexity index is 579. The standard InChI is InChI=1S/C21H30O5/c1-15(2)7-6-14-25-20(22)18-8-4-5-9-19(18)21(23)26-17-12-10-16(24-3)11-13-17/h10-13,15,18-19H,4-9,14H2,1-3H3. The Kier molecular flexibility index (Phi) is 7.95. The molecule has 0 N–H and O–H groups in total. The molecule has 5 nitrogen and oxygen atoms in total. The van der Waals surface area contributed by atoms with Gasteiger partial charge in [-0.3, -0.25) is 9.59 Å². The van der Waals surface area contributed by atoms with Crippen molar-refractivity contribution >= 4 is 11.9 Å². The van der Waals surface area contributed by atoms with E-state index in [0.29, 0.717) is 36.9 Å². The molecule has 144 valence electrons. The van der Waals surface area contributed by atoms with Crippen LogP contribution in [0.15, 0.2) is 24.3 Å². The zero-order valence-electron chi connectivity index (χ0n) is 16.0. The van der Waals surface area contributed by atoms with Crippen LogP contribution in [0.4, 0.5) is 0 Å². The van der Waals surface area contributed by atoms with Crippen molar-refractivity contribution in [1.29, 1.82) is 0 Å². The van der Waals surface area contributed by atoms with Gasteiger partial charge in [0.25, 0.3) is 0 Å². The molecule has 0 amide bonds. The van der Waals surface area contributed by atoms with Crippen molar-refractivity contribution < 1.29 is 23.8 Å². The average Bonchev–Trinajstić information content (AvgIpc) is 2.65. The maximum absolute atomic E-state index is 12.6. The number of esters is 2. The van der Waals surface area contributed by atoms with Crippen molar-refractivity contribution in [3.8, 4) is 11.5 Å². The van der Waals surface area contributed by atoms with E-state index in [2.05, 4.69) is 13.8 Å². The van der Waals surface area contributed by atoms with Gasteiger partial charge in [-0.25, -0.2) is 0 Å². The van der Waals surface area contributed by atoms with Crippen molar-refractivity contribution in [1.82, 2.24) is 0 Å². The van der Waals surface area contributed by atoms with Crippen LogP contribution >= 0.6 is 0 Å². The number of carbonyl (C=O) groups is 2. The number of methoxy groups -OCH3 is 1. The van der Waals surface area contributed by atoms with E-state index in [1.54, 1.807) is 31.4 Å². The molecule has 0 bridgehead atoms. The topological polar surface area (TPSA) is 61.8 Å². The van der Waals surface area contributed by atoms with E-state index in [4.69, 9.17) is 14.2 Å². The number of benzene rings is 1. The molecule has 2 rings (SSSR count). The number of rotatable bonds is 8. The van der Waals surface area contributed by atoms with Crippen LogP contribution in [0.5, 0.6) is 11.5 Å². The van der Waals surface area contributed by atoms with Gasteiger partial charge in [-0.15, -0.1) is 0 Å². The number of hydrogen-bond acceptors (Lipinski definition) is 5. The van der Waals surface area contributed by atoms with E-state index in [9.17, 15) is 9.59 Å².